The van der Waals surface area contributed by atoms with Crippen LogP contribution < -0.4 is 10.2 Å². The number of pyridine rings is 1. The van der Waals surface area contributed by atoms with Crippen molar-refractivity contribution >= 4 is 28.9 Å². The molecular weight excluding hydrogens is 298 g/mol. The van der Waals surface area contributed by atoms with Gasteiger partial charge < -0.3 is 10.2 Å². The highest BCUT2D eigenvalue weighted by atomic mass is 35.5. The number of rotatable bonds is 6. The van der Waals surface area contributed by atoms with Crippen molar-refractivity contribution < 1.29 is 4.79 Å². The topological polar surface area (TPSA) is 45.2 Å². The molecular formula is C17H20ClN3O. The minimum absolute atomic E-state index is 0.216. The van der Waals surface area contributed by atoms with Crippen LogP contribution in [0.2, 0.25) is 5.02 Å². The molecule has 0 atom stereocenters. The van der Waals surface area contributed by atoms with E-state index in [0.29, 0.717) is 16.3 Å². The Bertz CT molecular complexity index is 645. The Morgan fingerprint density at radius 1 is 1.32 bits per heavy atom. The second-order valence-corrected chi connectivity index (χ2v) is 5.55. The number of amides is 1. The molecule has 0 fully saturated rings. The van der Waals surface area contributed by atoms with Gasteiger partial charge in [-0.1, -0.05) is 37.1 Å². The minimum Gasteiger partial charge on any atom is -0.373 e. The van der Waals surface area contributed by atoms with Gasteiger partial charge in [-0.3, -0.25) is 9.78 Å². The largest absolute Gasteiger partial charge is 0.373 e. The molecule has 4 nitrogen and oxygen atoms in total. The first-order chi connectivity index (χ1) is 10.6. The van der Waals surface area contributed by atoms with E-state index in [2.05, 4.69) is 22.1 Å². The summed E-state index contributed by atoms with van der Waals surface area (Å²) in [4.78, 5) is 18.6. The minimum atomic E-state index is -0.216. The van der Waals surface area contributed by atoms with Gasteiger partial charge in [-0.15, -0.1) is 0 Å². The van der Waals surface area contributed by atoms with E-state index in [4.69, 9.17) is 11.6 Å². The molecule has 0 aliphatic heterocycles. The van der Waals surface area contributed by atoms with Gasteiger partial charge in [0.15, 0.2) is 0 Å². The van der Waals surface area contributed by atoms with Crippen LogP contribution in [0.4, 0.5) is 11.4 Å². The zero-order valence-electron chi connectivity index (χ0n) is 12.8. The fraction of sp³-hybridized carbons (Fsp3) is 0.294. The van der Waals surface area contributed by atoms with E-state index in [9.17, 15) is 4.79 Å². The zero-order valence-corrected chi connectivity index (χ0v) is 13.6. The number of benzene rings is 1. The van der Waals surface area contributed by atoms with Crippen LogP contribution in [0.5, 0.6) is 0 Å². The van der Waals surface area contributed by atoms with Gasteiger partial charge in [0.2, 0.25) is 0 Å². The summed E-state index contributed by atoms with van der Waals surface area (Å²) in [6.45, 7) is 3.09. The lowest BCUT2D eigenvalue weighted by molar-refractivity contribution is 0.102. The molecule has 116 valence electrons. The molecule has 2 aromatic rings. The molecule has 0 unspecified atom stereocenters. The first-order valence-electron chi connectivity index (χ1n) is 7.34. The third kappa shape index (κ3) is 4.21. The Morgan fingerprint density at radius 3 is 2.82 bits per heavy atom. The predicted octanol–water partition coefficient (Wildman–Crippen LogP) is 4.22. The molecule has 1 N–H and O–H groups in total. The van der Waals surface area contributed by atoms with Gasteiger partial charge >= 0.3 is 0 Å². The Labute approximate surface area is 136 Å². The number of nitrogens with zero attached hydrogens (tertiary/aromatic N) is 2. The van der Waals surface area contributed by atoms with Crippen LogP contribution in [0.25, 0.3) is 0 Å². The third-order valence-corrected chi connectivity index (χ3v) is 3.73. The molecule has 0 saturated carbocycles. The van der Waals surface area contributed by atoms with Crippen molar-refractivity contribution in [3.63, 3.8) is 0 Å². The molecule has 2 rings (SSSR count). The SMILES string of the molecule is CCCCN(C)c1cncc(C(=O)Nc2ccccc2Cl)c1. The van der Waals surface area contributed by atoms with Crippen LogP contribution in [-0.4, -0.2) is 24.5 Å². The molecule has 1 aromatic carbocycles. The number of carbonyl (C=O) groups excluding carboxylic acids is 1. The number of hydrogen-bond acceptors (Lipinski definition) is 3. The zero-order chi connectivity index (χ0) is 15.9. The fourth-order valence-electron chi connectivity index (χ4n) is 2.04. The van der Waals surface area contributed by atoms with Crippen molar-refractivity contribution in [3.05, 3.63) is 53.3 Å². The van der Waals surface area contributed by atoms with Gasteiger partial charge in [-0.25, -0.2) is 0 Å². The molecule has 0 radical (unpaired) electrons. The van der Waals surface area contributed by atoms with Gasteiger partial charge in [0.05, 0.1) is 28.2 Å². The highest BCUT2D eigenvalue weighted by Crippen LogP contribution is 2.22. The number of para-hydroxylation sites is 1. The summed E-state index contributed by atoms with van der Waals surface area (Å²) in [6, 6.07) is 9.00. The molecule has 0 aliphatic rings. The first-order valence-corrected chi connectivity index (χ1v) is 7.71. The van der Waals surface area contributed by atoms with Gasteiger partial charge in [-0.2, -0.15) is 0 Å². The van der Waals surface area contributed by atoms with Crippen molar-refractivity contribution in [1.29, 1.82) is 0 Å². The molecule has 1 heterocycles. The lowest BCUT2D eigenvalue weighted by Gasteiger charge is -2.19. The van der Waals surface area contributed by atoms with Crippen molar-refractivity contribution in [2.45, 2.75) is 19.8 Å². The van der Waals surface area contributed by atoms with Crippen LogP contribution in [0.3, 0.4) is 0 Å². The monoisotopic (exact) mass is 317 g/mol. The van der Waals surface area contributed by atoms with E-state index >= 15 is 0 Å². The van der Waals surface area contributed by atoms with E-state index < -0.39 is 0 Å². The van der Waals surface area contributed by atoms with Crippen LogP contribution in [0.1, 0.15) is 30.1 Å². The number of hydrogen-bond donors (Lipinski definition) is 1. The summed E-state index contributed by atoms with van der Waals surface area (Å²) >= 11 is 6.06. The van der Waals surface area contributed by atoms with E-state index in [-0.39, 0.29) is 5.91 Å². The quantitative estimate of drug-likeness (QED) is 0.867. The van der Waals surface area contributed by atoms with Crippen LogP contribution >= 0.6 is 11.6 Å². The molecule has 0 spiro atoms. The molecule has 0 aliphatic carbocycles. The lowest BCUT2D eigenvalue weighted by Crippen LogP contribution is -2.20. The molecule has 0 saturated heterocycles. The van der Waals surface area contributed by atoms with E-state index in [1.54, 1.807) is 24.5 Å². The molecule has 1 amide bonds. The summed E-state index contributed by atoms with van der Waals surface area (Å²) in [5.41, 5.74) is 2.04. The summed E-state index contributed by atoms with van der Waals surface area (Å²) in [7, 11) is 2.00. The lowest BCUT2D eigenvalue weighted by atomic mass is 10.2. The summed E-state index contributed by atoms with van der Waals surface area (Å²) in [5.74, 6) is -0.216. The molecule has 5 heteroatoms. The Balaban J connectivity index is 2.12. The van der Waals surface area contributed by atoms with E-state index in [1.165, 1.54) is 0 Å². The van der Waals surface area contributed by atoms with Crippen molar-refractivity contribution in [2.24, 2.45) is 0 Å². The maximum absolute atomic E-state index is 12.3. The smallest absolute Gasteiger partial charge is 0.257 e. The maximum Gasteiger partial charge on any atom is 0.257 e. The molecule has 0 bridgehead atoms. The number of nitrogens with one attached hydrogen (secondary N) is 1. The first kappa shape index (κ1) is 16.3. The van der Waals surface area contributed by atoms with Crippen molar-refractivity contribution in [3.8, 4) is 0 Å². The Morgan fingerprint density at radius 2 is 2.09 bits per heavy atom. The highest BCUT2D eigenvalue weighted by molar-refractivity contribution is 6.33. The number of unbranched alkanes of at least 4 members (excludes halogenated alkanes) is 1. The molecule has 1 aromatic heterocycles. The van der Waals surface area contributed by atoms with E-state index in [1.807, 2.05) is 25.2 Å². The summed E-state index contributed by atoms with van der Waals surface area (Å²) in [6.07, 6.45) is 5.56. The Hall–Kier alpha value is -2.07. The van der Waals surface area contributed by atoms with E-state index in [0.717, 1.165) is 25.1 Å². The fourth-order valence-corrected chi connectivity index (χ4v) is 2.23. The van der Waals surface area contributed by atoms with Gasteiger partial charge in [0.25, 0.3) is 5.91 Å². The van der Waals surface area contributed by atoms with Crippen LogP contribution in [0.15, 0.2) is 42.7 Å². The summed E-state index contributed by atoms with van der Waals surface area (Å²) in [5, 5.41) is 3.32. The normalized spacial score (nSPS) is 10.3. The highest BCUT2D eigenvalue weighted by Gasteiger charge is 2.10. The van der Waals surface area contributed by atoms with Crippen molar-refractivity contribution in [1.82, 2.24) is 4.98 Å². The Kier molecular flexibility index (Phi) is 5.78. The van der Waals surface area contributed by atoms with Crippen LogP contribution in [0, 0.1) is 0 Å². The second-order valence-electron chi connectivity index (χ2n) is 5.14. The number of halogens is 1. The maximum atomic E-state index is 12.3. The standard InChI is InChI=1S/C17H20ClN3O/c1-3-4-9-21(2)14-10-13(11-19-12-14)17(22)20-16-8-6-5-7-15(16)18/h5-8,10-12H,3-4,9H2,1-2H3,(H,20,22). The van der Waals surface area contributed by atoms with Gasteiger partial charge in [0.1, 0.15) is 0 Å². The molecule has 22 heavy (non-hydrogen) atoms. The van der Waals surface area contributed by atoms with Gasteiger partial charge in [-0.05, 0) is 24.6 Å². The number of carbonyl (C=O) groups is 1. The van der Waals surface area contributed by atoms with Gasteiger partial charge in [0, 0.05) is 19.8 Å². The average molecular weight is 318 g/mol. The van der Waals surface area contributed by atoms with Crippen LogP contribution in [-0.2, 0) is 0 Å². The second kappa shape index (κ2) is 7.80. The number of aromatic nitrogens is 1. The number of anilines is 2. The third-order valence-electron chi connectivity index (χ3n) is 3.40. The summed E-state index contributed by atoms with van der Waals surface area (Å²) < 4.78 is 0. The predicted molar refractivity (Wildman–Crippen MR) is 91.8 cm³/mol. The van der Waals surface area contributed by atoms with Crippen molar-refractivity contribution in [2.75, 3.05) is 23.8 Å². The average Bonchev–Trinajstić information content (AvgIpc) is 2.54.